The van der Waals surface area contributed by atoms with Crippen LogP contribution in [-0.2, 0) is 4.79 Å². The van der Waals surface area contributed by atoms with E-state index >= 15 is 0 Å². The van der Waals surface area contributed by atoms with Crippen LogP contribution >= 0.6 is 0 Å². The topological polar surface area (TPSA) is 32.3 Å². The monoisotopic (exact) mass is 296 g/mol. The molecule has 1 saturated heterocycles. The van der Waals surface area contributed by atoms with E-state index in [1.807, 2.05) is 0 Å². The Morgan fingerprint density at radius 2 is 1.76 bits per heavy atom. The summed E-state index contributed by atoms with van der Waals surface area (Å²) in [4.78, 5) is 14.8. The van der Waals surface area contributed by atoms with Gasteiger partial charge < -0.3 is 4.90 Å². The predicted octanol–water partition coefficient (Wildman–Crippen LogP) is 4.17. The normalized spacial score (nSPS) is 24.4. The Bertz CT molecular complexity index is 314. The molecule has 0 aromatic heterocycles. The van der Waals surface area contributed by atoms with Crippen LogP contribution in [0.3, 0.4) is 0 Å². The first-order valence-corrected chi connectivity index (χ1v) is 8.95. The van der Waals surface area contributed by atoms with Crippen molar-refractivity contribution >= 4 is 5.91 Å². The number of hydrogen-bond acceptors (Lipinski definition) is 2. The van der Waals surface area contributed by atoms with Gasteiger partial charge in [-0.05, 0) is 38.0 Å². The zero-order chi connectivity index (χ0) is 16.0. The van der Waals surface area contributed by atoms with Crippen molar-refractivity contribution < 1.29 is 4.79 Å². The average Bonchev–Trinajstić information content (AvgIpc) is 2.65. The fourth-order valence-electron chi connectivity index (χ4n) is 3.33. The number of amides is 1. The highest BCUT2D eigenvalue weighted by molar-refractivity contribution is 5.84. The molecule has 1 amide bonds. The summed E-state index contributed by atoms with van der Waals surface area (Å²) < 4.78 is 0. The quantitative estimate of drug-likeness (QED) is 0.692. The van der Waals surface area contributed by atoms with E-state index in [0.29, 0.717) is 17.9 Å². The van der Waals surface area contributed by atoms with Gasteiger partial charge in [-0.2, -0.15) is 0 Å². The van der Waals surface area contributed by atoms with Gasteiger partial charge in [0.15, 0.2) is 0 Å². The maximum absolute atomic E-state index is 12.7. The minimum absolute atomic E-state index is 0.0475. The lowest BCUT2D eigenvalue weighted by Crippen LogP contribution is -2.44. The van der Waals surface area contributed by atoms with Crippen LogP contribution in [0.25, 0.3) is 0 Å². The summed E-state index contributed by atoms with van der Waals surface area (Å²) in [7, 11) is 0. The van der Waals surface area contributed by atoms with Crippen LogP contribution in [0.15, 0.2) is 0 Å². The van der Waals surface area contributed by atoms with Crippen molar-refractivity contribution in [2.45, 2.75) is 98.3 Å². The van der Waals surface area contributed by atoms with Gasteiger partial charge in [0.05, 0.1) is 12.2 Å². The maximum atomic E-state index is 12.7. The summed E-state index contributed by atoms with van der Waals surface area (Å²) in [6, 6.07) is 0.403. The average molecular weight is 296 g/mol. The SMILES string of the molecule is CCCC1NC(CC(C)C)N(C(C)CCCC(C)C)C1=O. The first-order valence-electron chi connectivity index (χ1n) is 8.95. The van der Waals surface area contributed by atoms with Crippen molar-refractivity contribution in [3.63, 3.8) is 0 Å². The molecule has 0 aromatic carbocycles. The molecular weight excluding hydrogens is 260 g/mol. The number of carbonyl (C=O) groups excluding carboxylic acids is 1. The number of nitrogens with zero attached hydrogens (tertiary/aromatic N) is 1. The lowest BCUT2D eigenvalue weighted by atomic mass is 10.0. The van der Waals surface area contributed by atoms with Crippen molar-refractivity contribution in [3.05, 3.63) is 0 Å². The van der Waals surface area contributed by atoms with E-state index in [-0.39, 0.29) is 12.2 Å². The fourth-order valence-corrected chi connectivity index (χ4v) is 3.33. The Morgan fingerprint density at radius 3 is 2.29 bits per heavy atom. The van der Waals surface area contributed by atoms with Crippen LogP contribution < -0.4 is 5.32 Å². The summed E-state index contributed by atoms with van der Waals surface area (Å²) >= 11 is 0. The molecule has 1 N–H and O–H groups in total. The second-order valence-electron chi connectivity index (χ2n) is 7.57. The summed E-state index contributed by atoms with van der Waals surface area (Å²) in [6.07, 6.45) is 6.92. The van der Waals surface area contributed by atoms with E-state index in [1.54, 1.807) is 0 Å². The molecule has 1 aliphatic heterocycles. The molecular formula is C18H36N2O. The molecule has 0 aliphatic carbocycles. The van der Waals surface area contributed by atoms with Gasteiger partial charge in [-0.1, -0.05) is 53.9 Å². The molecule has 3 heteroatoms. The molecule has 1 rings (SSSR count). The van der Waals surface area contributed by atoms with Crippen LogP contribution in [0, 0.1) is 11.8 Å². The smallest absolute Gasteiger partial charge is 0.241 e. The summed E-state index contributed by atoms with van der Waals surface area (Å²) in [5.74, 6) is 1.70. The summed E-state index contributed by atoms with van der Waals surface area (Å²) in [5.41, 5.74) is 0. The third kappa shape index (κ3) is 5.61. The highest BCUT2D eigenvalue weighted by Gasteiger charge is 2.40. The van der Waals surface area contributed by atoms with Gasteiger partial charge in [0.1, 0.15) is 0 Å². The molecule has 0 bridgehead atoms. The lowest BCUT2D eigenvalue weighted by Gasteiger charge is -2.31. The minimum Gasteiger partial charge on any atom is -0.323 e. The summed E-state index contributed by atoms with van der Waals surface area (Å²) in [5, 5.41) is 3.58. The second kappa shape index (κ2) is 8.77. The van der Waals surface area contributed by atoms with Gasteiger partial charge in [-0.25, -0.2) is 0 Å². The van der Waals surface area contributed by atoms with Crippen molar-refractivity contribution in [1.29, 1.82) is 0 Å². The van der Waals surface area contributed by atoms with Crippen LogP contribution in [-0.4, -0.2) is 29.1 Å². The molecule has 124 valence electrons. The third-order valence-corrected chi connectivity index (χ3v) is 4.43. The van der Waals surface area contributed by atoms with Crippen LogP contribution in [0.2, 0.25) is 0 Å². The fraction of sp³-hybridized carbons (Fsp3) is 0.944. The second-order valence-corrected chi connectivity index (χ2v) is 7.57. The zero-order valence-electron chi connectivity index (χ0n) is 15.0. The van der Waals surface area contributed by atoms with Gasteiger partial charge >= 0.3 is 0 Å². The summed E-state index contributed by atoms with van der Waals surface area (Å²) in [6.45, 7) is 13.4. The Balaban J connectivity index is 2.65. The first kappa shape index (κ1) is 18.5. The number of rotatable bonds is 9. The van der Waals surface area contributed by atoms with Gasteiger partial charge in [0, 0.05) is 6.04 Å². The molecule has 1 fully saturated rings. The maximum Gasteiger partial charge on any atom is 0.241 e. The van der Waals surface area contributed by atoms with Crippen LogP contribution in [0.1, 0.15) is 80.1 Å². The van der Waals surface area contributed by atoms with Crippen molar-refractivity contribution in [2.75, 3.05) is 0 Å². The van der Waals surface area contributed by atoms with Crippen molar-refractivity contribution in [1.82, 2.24) is 10.2 Å². The largest absolute Gasteiger partial charge is 0.323 e. The molecule has 0 radical (unpaired) electrons. The van der Waals surface area contributed by atoms with E-state index in [2.05, 4.69) is 51.8 Å². The Hall–Kier alpha value is -0.570. The molecule has 1 aliphatic rings. The van der Waals surface area contributed by atoms with Gasteiger partial charge in [0.2, 0.25) is 5.91 Å². The van der Waals surface area contributed by atoms with Crippen LogP contribution in [0.4, 0.5) is 0 Å². The molecule has 3 atom stereocenters. The Kier molecular flexibility index (Phi) is 7.72. The Labute approximate surface area is 131 Å². The highest BCUT2D eigenvalue weighted by Crippen LogP contribution is 2.24. The number of carbonyl (C=O) groups is 1. The predicted molar refractivity (Wildman–Crippen MR) is 90.1 cm³/mol. The molecule has 0 spiro atoms. The van der Waals surface area contributed by atoms with Gasteiger partial charge in [-0.3, -0.25) is 10.1 Å². The highest BCUT2D eigenvalue weighted by atomic mass is 16.2. The zero-order valence-corrected chi connectivity index (χ0v) is 15.0. The molecule has 0 saturated carbocycles. The number of hydrogen-bond donors (Lipinski definition) is 1. The molecule has 1 heterocycles. The number of nitrogens with one attached hydrogen (secondary N) is 1. The van der Waals surface area contributed by atoms with Crippen molar-refractivity contribution in [2.24, 2.45) is 11.8 Å². The molecule has 3 unspecified atom stereocenters. The van der Waals surface area contributed by atoms with Crippen molar-refractivity contribution in [3.8, 4) is 0 Å². The molecule has 0 aromatic rings. The van der Waals surface area contributed by atoms with Gasteiger partial charge in [-0.15, -0.1) is 0 Å². The first-order chi connectivity index (χ1) is 9.86. The van der Waals surface area contributed by atoms with E-state index in [9.17, 15) is 4.79 Å². The Morgan fingerprint density at radius 1 is 1.10 bits per heavy atom. The van der Waals surface area contributed by atoms with E-state index in [1.165, 1.54) is 12.8 Å². The van der Waals surface area contributed by atoms with E-state index in [0.717, 1.165) is 31.6 Å². The molecule has 3 nitrogen and oxygen atoms in total. The van der Waals surface area contributed by atoms with E-state index < -0.39 is 0 Å². The van der Waals surface area contributed by atoms with Gasteiger partial charge in [0.25, 0.3) is 0 Å². The minimum atomic E-state index is 0.0475. The van der Waals surface area contributed by atoms with Crippen LogP contribution in [0.5, 0.6) is 0 Å². The van der Waals surface area contributed by atoms with E-state index in [4.69, 9.17) is 0 Å². The lowest BCUT2D eigenvalue weighted by molar-refractivity contribution is -0.132. The molecule has 21 heavy (non-hydrogen) atoms. The standard InChI is InChI=1S/C18H36N2O/c1-7-9-16-18(21)20(17(19-16)12-14(4)5)15(6)11-8-10-13(2)3/h13-17,19H,7-12H2,1-6H3. The third-order valence-electron chi connectivity index (χ3n) is 4.43.